The normalized spacial score (nSPS) is 10.2. The van der Waals surface area contributed by atoms with Crippen LogP contribution in [0.4, 0.5) is 5.88 Å². The van der Waals surface area contributed by atoms with Crippen molar-refractivity contribution in [2.24, 2.45) is 0 Å². The summed E-state index contributed by atoms with van der Waals surface area (Å²) in [5.74, 6) is 1.57. The molecule has 0 aliphatic carbocycles. The molecule has 1 heterocycles. The molecule has 0 aliphatic rings. The van der Waals surface area contributed by atoms with Crippen molar-refractivity contribution in [3.8, 4) is 22.8 Å². The van der Waals surface area contributed by atoms with Crippen LogP contribution < -0.4 is 15.2 Å². The summed E-state index contributed by atoms with van der Waals surface area (Å²) < 4.78 is 15.7. The van der Waals surface area contributed by atoms with E-state index in [-0.39, 0.29) is 5.88 Å². The summed E-state index contributed by atoms with van der Waals surface area (Å²) in [5, 5.41) is 3.87. The van der Waals surface area contributed by atoms with Crippen LogP contribution in [-0.4, -0.2) is 18.9 Å². The Morgan fingerprint density at radius 2 is 2.24 bits per heavy atom. The zero-order chi connectivity index (χ0) is 12.3. The lowest BCUT2D eigenvalue weighted by Crippen LogP contribution is -1.97. The Morgan fingerprint density at radius 1 is 1.41 bits per heavy atom. The molecule has 0 atom stereocenters. The van der Waals surface area contributed by atoms with Crippen LogP contribution >= 0.6 is 0 Å². The molecule has 17 heavy (non-hydrogen) atoms. The van der Waals surface area contributed by atoms with E-state index in [9.17, 15) is 0 Å². The molecule has 0 unspecified atom stereocenters. The van der Waals surface area contributed by atoms with Crippen molar-refractivity contribution in [1.29, 1.82) is 0 Å². The lowest BCUT2D eigenvalue weighted by atomic mass is 10.1. The summed E-state index contributed by atoms with van der Waals surface area (Å²) in [6, 6.07) is 7.22. The van der Waals surface area contributed by atoms with E-state index < -0.39 is 0 Å². The van der Waals surface area contributed by atoms with Crippen LogP contribution in [0.15, 0.2) is 28.8 Å². The number of hydrogen-bond acceptors (Lipinski definition) is 5. The Bertz CT molecular complexity index is 508. The Kier molecular flexibility index (Phi) is 3.18. The first-order chi connectivity index (χ1) is 8.26. The number of ether oxygens (including phenoxy) is 2. The number of methoxy groups -OCH3 is 1. The first-order valence-electron chi connectivity index (χ1n) is 5.28. The highest BCUT2D eigenvalue weighted by molar-refractivity contribution is 5.72. The van der Waals surface area contributed by atoms with E-state index >= 15 is 0 Å². The van der Waals surface area contributed by atoms with Gasteiger partial charge in [0.2, 0.25) is 5.88 Å². The molecule has 0 saturated heterocycles. The number of hydrogen-bond donors (Lipinski definition) is 1. The van der Waals surface area contributed by atoms with Crippen LogP contribution in [0.1, 0.15) is 6.92 Å². The Morgan fingerprint density at radius 3 is 2.82 bits per heavy atom. The lowest BCUT2D eigenvalue weighted by molar-refractivity contribution is 0.312. The fourth-order valence-corrected chi connectivity index (χ4v) is 1.59. The van der Waals surface area contributed by atoms with E-state index in [2.05, 4.69) is 5.16 Å². The standard InChI is InChI=1S/C12H14N2O3/c1-3-16-12-8(5-4-6-10(12)15-2)9-7-11(13)17-14-9/h4-7H,3,13H2,1-2H3. The van der Waals surface area contributed by atoms with Gasteiger partial charge >= 0.3 is 0 Å². The van der Waals surface area contributed by atoms with E-state index in [1.807, 2.05) is 25.1 Å². The molecule has 0 radical (unpaired) electrons. The summed E-state index contributed by atoms with van der Waals surface area (Å²) >= 11 is 0. The smallest absolute Gasteiger partial charge is 0.222 e. The molecule has 0 amide bonds. The molecule has 1 aromatic heterocycles. The molecule has 0 spiro atoms. The van der Waals surface area contributed by atoms with Crippen LogP contribution in [0.25, 0.3) is 11.3 Å². The number of nitrogens with two attached hydrogens (primary N) is 1. The molecule has 90 valence electrons. The van der Waals surface area contributed by atoms with Crippen molar-refractivity contribution in [3.63, 3.8) is 0 Å². The van der Waals surface area contributed by atoms with Crippen molar-refractivity contribution in [3.05, 3.63) is 24.3 Å². The van der Waals surface area contributed by atoms with Gasteiger partial charge in [0.15, 0.2) is 11.5 Å². The maximum absolute atomic E-state index is 5.58. The first-order valence-corrected chi connectivity index (χ1v) is 5.28. The number of nitrogen functional groups attached to an aromatic ring is 1. The molecular weight excluding hydrogens is 220 g/mol. The Hall–Kier alpha value is -2.17. The van der Waals surface area contributed by atoms with Crippen LogP contribution in [-0.2, 0) is 0 Å². The summed E-state index contributed by atoms with van der Waals surface area (Å²) in [5.41, 5.74) is 6.94. The molecule has 2 aromatic rings. The van der Waals surface area contributed by atoms with Crippen molar-refractivity contribution in [2.45, 2.75) is 6.92 Å². The lowest BCUT2D eigenvalue weighted by Gasteiger charge is -2.12. The fraction of sp³-hybridized carbons (Fsp3) is 0.250. The average Bonchev–Trinajstić information content (AvgIpc) is 2.76. The van der Waals surface area contributed by atoms with Gasteiger partial charge in [-0.2, -0.15) is 0 Å². The van der Waals surface area contributed by atoms with Crippen LogP contribution in [0.3, 0.4) is 0 Å². The van der Waals surface area contributed by atoms with E-state index in [4.69, 9.17) is 19.7 Å². The van der Waals surface area contributed by atoms with E-state index in [1.165, 1.54) is 0 Å². The summed E-state index contributed by atoms with van der Waals surface area (Å²) in [6.07, 6.45) is 0. The van der Waals surface area contributed by atoms with Gasteiger partial charge < -0.3 is 19.7 Å². The molecule has 5 nitrogen and oxygen atoms in total. The third-order valence-corrected chi connectivity index (χ3v) is 2.29. The van der Waals surface area contributed by atoms with Crippen molar-refractivity contribution in [2.75, 3.05) is 19.5 Å². The minimum absolute atomic E-state index is 0.269. The maximum atomic E-state index is 5.58. The van der Waals surface area contributed by atoms with Crippen molar-refractivity contribution < 1.29 is 14.0 Å². The average molecular weight is 234 g/mol. The SMILES string of the molecule is CCOc1c(OC)cccc1-c1cc(N)on1. The van der Waals surface area contributed by atoms with Crippen LogP contribution in [0, 0.1) is 0 Å². The number of rotatable bonds is 4. The third-order valence-electron chi connectivity index (χ3n) is 2.29. The minimum atomic E-state index is 0.269. The Labute approximate surface area is 99.1 Å². The van der Waals surface area contributed by atoms with Gasteiger partial charge in [0.25, 0.3) is 0 Å². The van der Waals surface area contributed by atoms with Gasteiger partial charge in [0.05, 0.1) is 13.7 Å². The van der Waals surface area contributed by atoms with Crippen LogP contribution in [0.5, 0.6) is 11.5 Å². The number of para-hydroxylation sites is 1. The highest BCUT2D eigenvalue weighted by Crippen LogP contribution is 2.37. The summed E-state index contributed by atoms with van der Waals surface area (Å²) in [4.78, 5) is 0. The maximum Gasteiger partial charge on any atom is 0.222 e. The van der Waals surface area contributed by atoms with Gasteiger partial charge in [-0.25, -0.2) is 0 Å². The molecule has 0 saturated carbocycles. The quantitative estimate of drug-likeness (QED) is 0.879. The fourth-order valence-electron chi connectivity index (χ4n) is 1.59. The Balaban J connectivity index is 2.52. The second kappa shape index (κ2) is 4.78. The zero-order valence-electron chi connectivity index (χ0n) is 9.77. The zero-order valence-corrected chi connectivity index (χ0v) is 9.77. The number of benzene rings is 1. The van der Waals surface area contributed by atoms with Gasteiger partial charge in [-0.15, -0.1) is 0 Å². The van der Waals surface area contributed by atoms with Crippen molar-refractivity contribution >= 4 is 5.88 Å². The largest absolute Gasteiger partial charge is 0.493 e. The van der Waals surface area contributed by atoms with Gasteiger partial charge in [0, 0.05) is 11.6 Å². The summed E-state index contributed by atoms with van der Waals surface area (Å²) in [6.45, 7) is 2.45. The monoisotopic (exact) mass is 234 g/mol. The second-order valence-corrected chi connectivity index (χ2v) is 3.38. The van der Waals surface area contributed by atoms with Gasteiger partial charge in [-0.05, 0) is 19.1 Å². The number of aromatic nitrogens is 1. The molecule has 2 N–H and O–H groups in total. The number of anilines is 1. The molecule has 0 bridgehead atoms. The van der Waals surface area contributed by atoms with Gasteiger partial charge in [0.1, 0.15) is 5.69 Å². The molecule has 2 rings (SSSR count). The highest BCUT2D eigenvalue weighted by Gasteiger charge is 2.14. The first kappa shape index (κ1) is 11.3. The van der Waals surface area contributed by atoms with Gasteiger partial charge in [-0.3, -0.25) is 0 Å². The van der Waals surface area contributed by atoms with E-state index in [0.717, 1.165) is 5.56 Å². The number of nitrogens with zero attached hydrogens (tertiary/aromatic N) is 1. The molecule has 1 aromatic carbocycles. The highest BCUT2D eigenvalue weighted by atomic mass is 16.5. The van der Waals surface area contributed by atoms with E-state index in [0.29, 0.717) is 23.8 Å². The third kappa shape index (κ3) is 2.18. The van der Waals surface area contributed by atoms with E-state index in [1.54, 1.807) is 13.2 Å². The van der Waals surface area contributed by atoms with Gasteiger partial charge in [-0.1, -0.05) is 11.2 Å². The predicted octanol–water partition coefficient (Wildman–Crippen LogP) is 2.33. The molecule has 5 heteroatoms. The van der Waals surface area contributed by atoms with Crippen LogP contribution in [0.2, 0.25) is 0 Å². The predicted molar refractivity (Wildman–Crippen MR) is 64.1 cm³/mol. The molecule has 0 fully saturated rings. The summed E-state index contributed by atoms with van der Waals surface area (Å²) in [7, 11) is 1.60. The molecular formula is C12H14N2O3. The minimum Gasteiger partial charge on any atom is -0.493 e. The second-order valence-electron chi connectivity index (χ2n) is 3.38. The molecule has 0 aliphatic heterocycles. The topological polar surface area (TPSA) is 70.5 Å². The van der Waals surface area contributed by atoms with Crippen molar-refractivity contribution in [1.82, 2.24) is 5.16 Å².